The Morgan fingerprint density at radius 2 is 2.06 bits per heavy atom. The molecule has 2 N–H and O–H groups in total. The summed E-state index contributed by atoms with van der Waals surface area (Å²) in [5.74, 6) is 0.564. The molecular formula is C10H10F3N3. The van der Waals surface area contributed by atoms with Crippen molar-refractivity contribution < 1.29 is 13.2 Å². The number of imidazole rings is 1. The highest BCUT2D eigenvalue weighted by atomic mass is 19.4. The lowest BCUT2D eigenvalue weighted by molar-refractivity contribution is -0.137. The lowest BCUT2D eigenvalue weighted by atomic mass is 10.2. The van der Waals surface area contributed by atoms with Gasteiger partial charge in [-0.2, -0.15) is 13.2 Å². The van der Waals surface area contributed by atoms with Crippen molar-refractivity contribution in [3.63, 3.8) is 0 Å². The predicted octanol–water partition coefficient (Wildman–Crippen LogP) is 2.05. The molecular weight excluding hydrogens is 219 g/mol. The highest BCUT2D eigenvalue weighted by Crippen LogP contribution is 2.31. The van der Waals surface area contributed by atoms with Crippen LogP contribution in [0.2, 0.25) is 0 Å². The summed E-state index contributed by atoms with van der Waals surface area (Å²) >= 11 is 0. The van der Waals surface area contributed by atoms with Gasteiger partial charge >= 0.3 is 6.18 Å². The van der Waals surface area contributed by atoms with E-state index in [9.17, 15) is 13.2 Å². The zero-order chi connectivity index (χ0) is 11.9. The Kier molecular flexibility index (Phi) is 2.38. The molecule has 1 aromatic heterocycles. The van der Waals surface area contributed by atoms with Crippen LogP contribution in [0, 0.1) is 0 Å². The van der Waals surface area contributed by atoms with E-state index >= 15 is 0 Å². The van der Waals surface area contributed by atoms with E-state index in [0.29, 0.717) is 16.9 Å². The molecule has 1 aromatic carbocycles. The summed E-state index contributed by atoms with van der Waals surface area (Å²) in [7, 11) is 1.73. The normalized spacial score (nSPS) is 12.3. The smallest absolute Gasteiger partial charge is 0.330 e. The molecule has 0 amide bonds. The van der Waals surface area contributed by atoms with E-state index in [0.717, 1.165) is 12.1 Å². The minimum Gasteiger partial charge on any atom is -0.330 e. The van der Waals surface area contributed by atoms with Crippen molar-refractivity contribution in [2.45, 2.75) is 12.7 Å². The number of nitrogens with two attached hydrogens (primary N) is 1. The Bertz CT molecular complexity index is 528. The first-order valence-electron chi connectivity index (χ1n) is 4.66. The molecule has 86 valence electrons. The van der Waals surface area contributed by atoms with Gasteiger partial charge in [-0.25, -0.2) is 4.98 Å². The van der Waals surface area contributed by atoms with E-state index < -0.39 is 11.7 Å². The van der Waals surface area contributed by atoms with E-state index in [1.165, 1.54) is 6.07 Å². The predicted molar refractivity (Wildman–Crippen MR) is 53.6 cm³/mol. The van der Waals surface area contributed by atoms with Crippen LogP contribution in [-0.4, -0.2) is 9.55 Å². The first-order valence-corrected chi connectivity index (χ1v) is 4.66. The van der Waals surface area contributed by atoms with Crippen LogP contribution in [-0.2, 0) is 19.8 Å². The molecule has 0 unspecified atom stereocenters. The monoisotopic (exact) mass is 229 g/mol. The van der Waals surface area contributed by atoms with Crippen LogP contribution in [0.15, 0.2) is 18.2 Å². The van der Waals surface area contributed by atoms with Crippen LogP contribution in [0.25, 0.3) is 11.0 Å². The molecule has 0 aliphatic rings. The summed E-state index contributed by atoms with van der Waals surface area (Å²) in [4.78, 5) is 4.04. The van der Waals surface area contributed by atoms with Gasteiger partial charge < -0.3 is 10.3 Å². The molecule has 2 rings (SSSR count). The number of hydrogen-bond acceptors (Lipinski definition) is 2. The molecule has 2 aromatic rings. The second-order valence-corrected chi connectivity index (χ2v) is 3.49. The zero-order valence-electron chi connectivity index (χ0n) is 8.54. The Balaban J connectivity index is 2.64. The van der Waals surface area contributed by atoms with Gasteiger partial charge in [0.1, 0.15) is 5.82 Å². The second-order valence-electron chi connectivity index (χ2n) is 3.49. The molecule has 1 heterocycles. The summed E-state index contributed by atoms with van der Waals surface area (Å²) < 4.78 is 39.0. The minimum atomic E-state index is -4.34. The third-order valence-electron chi connectivity index (χ3n) is 2.48. The van der Waals surface area contributed by atoms with Crippen molar-refractivity contribution in [2.75, 3.05) is 0 Å². The fraction of sp³-hybridized carbons (Fsp3) is 0.300. The molecule has 0 spiro atoms. The van der Waals surface area contributed by atoms with Crippen LogP contribution in [0.5, 0.6) is 0 Å². The maximum Gasteiger partial charge on any atom is 0.416 e. The van der Waals surface area contributed by atoms with Gasteiger partial charge in [-0.15, -0.1) is 0 Å². The number of nitrogens with zero attached hydrogens (tertiary/aromatic N) is 2. The number of hydrogen-bond donors (Lipinski definition) is 1. The summed E-state index contributed by atoms with van der Waals surface area (Å²) in [6.07, 6.45) is -4.34. The average Bonchev–Trinajstić information content (AvgIpc) is 2.54. The fourth-order valence-electron chi connectivity index (χ4n) is 1.61. The summed E-state index contributed by atoms with van der Waals surface area (Å²) in [6.45, 7) is 0.201. The summed E-state index contributed by atoms with van der Waals surface area (Å²) in [5.41, 5.74) is 5.70. The van der Waals surface area contributed by atoms with Gasteiger partial charge in [-0.1, -0.05) is 0 Å². The highest BCUT2D eigenvalue weighted by Gasteiger charge is 2.30. The van der Waals surface area contributed by atoms with Crippen LogP contribution in [0.4, 0.5) is 13.2 Å². The Hall–Kier alpha value is -1.56. The van der Waals surface area contributed by atoms with Crippen molar-refractivity contribution in [1.29, 1.82) is 0 Å². The maximum absolute atomic E-state index is 12.4. The Labute approximate surface area is 89.7 Å². The van der Waals surface area contributed by atoms with Crippen molar-refractivity contribution in [3.8, 4) is 0 Å². The van der Waals surface area contributed by atoms with Gasteiger partial charge in [0.2, 0.25) is 0 Å². The van der Waals surface area contributed by atoms with Gasteiger partial charge in [0.05, 0.1) is 23.1 Å². The van der Waals surface area contributed by atoms with E-state index in [2.05, 4.69) is 4.98 Å². The first-order chi connectivity index (χ1) is 7.43. The second kappa shape index (κ2) is 3.48. The molecule has 0 saturated carbocycles. The number of halogens is 3. The average molecular weight is 229 g/mol. The zero-order valence-corrected chi connectivity index (χ0v) is 8.54. The minimum absolute atomic E-state index is 0.201. The summed E-state index contributed by atoms with van der Waals surface area (Å²) in [6, 6.07) is 3.49. The van der Waals surface area contributed by atoms with Gasteiger partial charge in [0.25, 0.3) is 0 Å². The molecule has 0 atom stereocenters. The van der Waals surface area contributed by atoms with Crippen molar-refractivity contribution >= 4 is 11.0 Å². The molecule has 0 aliphatic heterocycles. The van der Waals surface area contributed by atoms with Gasteiger partial charge in [-0.3, -0.25) is 0 Å². The Morgan fingerprint density at radius 1 is 1.38 bits per heavy atom. The van der Waals surface area contributed by atoms with Crippen molar-refractivity contribution in [3.05, 3.63) is 29.6 Å². The van der Waals surface area contributed by atoms with Gasteiger partial charge in [-0.05, 0) is 18.2 Å². The largest absolute Gasteiger partial charge is 0.416 e. The lowest BCUT2D eigenvalue weighted by Crippen LogP contribution is -2.04. The van der Waals surface area contributed by atoms with Crippen molar-refractivity contribution in [2.24, 2.45) is 12.8 Å². The number of fused-ring (bicyclic) bond motifs is 1. The molecule has 6 heteroatoms. The van der Waals surface area contributed by atoms with Crippen LogP contribution in [0.1, 0.15) is 11.4 Å². The fourth-order valence-corrected chi connectivity index (χ4v) is 1.61. The lowest BCUT2D eigenvalue weighted by Gasteiger charge is -2.05. The van der Waals surface area contributed by atoms with E-state index in [-0.39, 0.29) is 6.54 Å². The van der Waals surface area contributed by atoms with Crippen LogP contribution >= 0.6 is 0 Å². The third kappa shape index (κ3) is 1.65. The van der Waals surface area contributed by atoms with Crippen LogP contribution in [0.3, 0.4) is 0 Å². The molecule has 0 radical (unpaired) electrons. The molecule has 3 nitrogen and oxygen atoms in total. The first kappa shape index (κ1) is 10.9. The molecule has 0 bridgehead atoms. The van der Waals surface area contributed by atoms with Gasteiger partial charge in [0, 0.05) is 7.05 Å². The molecule has 16 heavy (non-hydrogen) atoms. The third-order valence-corrected chi connectivity index (χ3v) is 2.48. The van der Waals surface area contributed by atoms with E-state index in [1.807, 2.05) is 0 Å². The quantitative estimate of drug-likeness (QED) is 0.813. The van der Waals surface area contributed by atoms with Gasteiger partial charge in [0.15, 0.2) is 0 Å². The van der Waals surface area contributed by atoms with Crippen LogP contribution < -0.4 is 5.73 Å². The number of aromatic nitrogens is 2. The number of benzene rings is 1. The van der Waals surface area contributed by atoms with E-state index in [1.54, 1.807) is 11.6 Å². The Morgan fingerprint density at radius 3 is 2.62 bits per heavy atom. The number of aryl methyl sites for hydroxylation is 1. The van der Waals surface area contributed by atoms with Crippen molar-refractivity contribution in [1.82, 2.24) is 9.55 Å². The SMILES string of the molecule is Cn1c(CN)nc2cc(C(F)(F)F)ccc21. The van der Waals surface area contributed by atoms with E-state index in [4.69, 9.17) is 5.73 Å². The highest BCUT2D eigenvalue weighted by molar-refractivity contribution is 5.77. The molecule has 0 aliphatic carbocycles. The molecule has 0 fully saturated rings. The standard InChI is InChI=1S/C10H10F3N3/c1-16-8-3-2-6(10(11,12)13)4-7(8)15-9(16)5-14/h2-4H,5,14H2,1H3. The number of rotatable bonds is 1. The topological polar surface area (TPSA) is 43.8 Å². The summed E-state index contributed by atoms with van der Waals surface area (Å²) in [5, 5.41) is 0. The number of alkyl halides is 3. The maximum atomic E-state index is 12.4. The molecule has 0 saturated heterocycles.